The van der Waals surface area contributed by atoms with Crippen molar-refractivity contribution in [1.82, 2.24) is 0 Å². The van der Waals surface area contributed by atoms with Crippen molar-refractivity contribution in [2.45, 2.75) is 11.6 Å². The Morgan fingerprint density at radius 3 is 2.23 bits per heavy atom. The minimum atomic E-state index is -2.08. The monoisotopic (exact) mass is 344 g/mol. The van der Waals surface area contributed by atoms with Gasteiger partial charge in [0.2, 0.25) is 0 Å². The number of nitrogens with two attached hydrogens (primary N) is 2. The summed E-state index contributed by atoms with van der Waals surface area (Å²) in [6, 6.07) is 6.86. The molecule has 0 heterocycles. The highest BCUT2D eigenvalue weighted by atomic mass is 33.1. The number of carboxylic acid groups (broad SMARTS) is 2. The van der Waals surface area contributed by atoms with Crippen LogP contribution in [0.4, 0.5) is 0 Å². The Bertz CT molecular complexity index is 555. The number of hydrogen-bond acceptors (Lipinski definition) is 7. The molecule has 0 aliphatic carbocycles. The SMILES string of the molecule is N[C@@H](CSSC[C@](N)(C(=O)O)C(=O)c1ccccc1)C(=O)O. The summed E-state index contributed by atoms with van der Waals surface area (Å²) in [4.78, 5) is 34.3. The Labute approximate surface area is 134 Å². The zero-order valence-electron chi connectivity index (χ0n) is 11.5. The maximum absolute atomic E-state index is 12.3. The second-order valence-electron chi connectivity index (χ2n) is 4.46. The smallest absolute Gasteiger partial charge is 0.332 e. The number of hydrogen-bond donors (Lipinski definition) is 4. The molecule has 22 heavy (non-hydrogen) atoms. The van der Waals surface area contributed by atoms with Crippen molar-refractivity contribution >= 4 is 39.3 Å². The van der Waals surface area contributed by atoms with Gasteiger partial charge in [0.15, 0.2) is 11.3 Å². The normalized spacial score (nSPS) is 14.8. The van der Waals surface area contributed by atoms with E-state index in [1.165, 1.54) is 12.1 Å². The number of Topliss-reactive ketones (excluding diaryl/α,β-unsaturated/α-hetero) is 1. The number of carbonyl (C=O) groups excluding carboxylic acids is 1. The minimum absolute atomic E-state index is 0.0786. The van der Waals surface area contributed by atoms with E-state index < -0.39 is 29.3 Å². The summed E-state index contributed by atoms with van der Waals surface area (Å²) in [5.74, 6) is -3.40. The molecule has 0 radical (unpaired) electrons. The molecule has 0 fully saturated rings. The van der Waals surface area contributed by atoms with Gasteiger partial charge in [-0.25, -0.2) is 4.79 Å². The quantitative estimate of drug-likeness (QED) is 0.217. The van der Waals surface area contributed by atoms with Gasteiger partial charge in [0.25, 0.3) is 0 Å². The van der Waals surface area contributed by atoms with Gasteiger partial charge < -0.3 is 21.7 Å². The van der Waals surface area contributed by atoms with Crippen molar-refractivity contribution in [3.05, 3.63) is 35.9 Å². The number of aliphatic carboxylic acids is 2. The molecular weight excluding hydrogens is 328 g/mol. The highest BCUT2D eigenvalue weighted by Gasteiger charge is 2.42. The van der Waals surface area contributed by atoms with Gasteiger partial charge in [-0.15, -0.1) is 0 Å². The Balaban J connectivity index is 2.70. The largest absolute Gasteiger partial charge is 0.480 e. The van der Waals surface area contributed by atoms with Crippen LogP contribution in [0.15, 0.2) is 30.3 Å². The summed E-state index contributed by atoms with van der Waals surface area (Å²) >= 11 is 0. The van der Waals surface area contributed by atoms with Gasteiger partial charge in [0, 0.05) is 17.1 Å². The molecule has 1 aromatic carbocycles. The Morgan fingerprint density at radius 1 is 1.14 bits per heavy atom. The number of benzene rings is 1. The van der Waals surface area contributed by atoms with E-state index >= 15 is 0 Å². The van der Waals surface area contributed by atoms with Crippen molar-refractivity contribution in [2.75, 3.05) is 11.5 Å². The van der Waals surface area contributed by atoms with E-state index in [2.05, 4.69) is 0 Å². The second kappa shape index (κ2) is 8.18. The summed E-state index contributed by atoms with van der Waals surface area (Å²) in [7, 11) is 2.07. The molecule has 0 amide bonds. The topological polar surface area (TPSA) is 144 Å². The molecule has 0 saturated carbocycles. The molecule has 0 aliphatic heterocycles. The maximum atomic E-state index is 12.3. The van der Waals surface area contributed by atoms with Gasteiger partial charge in [-0.1, -0.05) is 51.9 Å². The third kappa shape index (κ3) is 4.73. The average Bonchev–Trinajstić information content (AvgIpc) is 2.50. The maximum Gasteiger partial charge on any atom is 0.332 e. The third-order valence-electron chi connectivity index (χ3n) is 2.76. The molecule has 0 unspecified atom stereocenters. The Hall–Kier alpha value is -1.55. The van der Waals surface area contributed by atoms with E-state index in [-0.39, 0.29) is 17.1 Å². The van der Waals surface area contributed by atoms with Crippen molar-refractivity contribution in [3.63, 3.8) is 0 Å². The molecule has 120 valence electrons. The highest BCUT2D eigenvalue weighted by Crippen LogP contribution is 2.27. The van der Waals surface area contributed by atoms with Crippen LogP contribution in [0, 0.1) is 0 Å². The van der Waals surface area contributed by atoms with Crippen molar-refractivity contribution in [3.8, 4) is 0 Å². The summed E-state index contributed by atoms with van der Waals surface area (Å²) in [6.45, 7) is 0. The van der Waals surface area contributed by atoms with Gasteiger partial charge in [-0.2, -0.15) is 0 Å². The Morgan fingerprint density at radius 2 is 1.73 bits per heavy atom. The van der Waals surface area contributed by atoms with Gasteiger partial charge >= 0.3 is 11.9 Å². The number of ketones is 1. The van der Waals surface area contributed by atoms with Crippen molar-refractivity contribution < 1.29 is 24.6 Å². The Kier molecular flexibility index (Phi) is 6.88. The molecule has 2 atom stereocenters. The second-order valence-corrected chi connectivity index (χ2v) is 6.97. The lowest BCUT2D eigenvalue weighted by atomic mass is 9.92. The minimum Gasteiger partial charge on any atom is -0.480 e. The molecule has 0 aliphatic rings. The van der Waals surface area contributed by atoms with Crippen LogP contribution in [0.1, 0.15) is 10.4 Å². The van der Waals surface area contributed by atoms with Crippen molar-refractivity contribution in [2.24, 2.45) is 11.5 Å². The summed E-state index contributed by atoms with van der Waals surface area (Å²) in [5, 5.41) is 17.9. The lowest BCUT2D eigenvalue weighted by Crippen LogP contribution is -2.57. The van der Waals surface area contributed by atoms with Gasteiger partial charge in [-0.05, 0) is 0 Å². The van der Waals surface area contributed by atoms with Crippen LogP contribution in [0.5, 0.6) is 0 Å². The van der Waals surface area contributed by atoms with Gasteiger partial charge in [-0.3, -0.25) is 9.59 Å². The van der Waals surface area contributed by atoms with Crippen LogP contribution in [-0.4, -0.2) is 51.0 Å². The van der Waals surface area contributed by atoms with E-state index in [9.17, 15) is 19.5 Å². The first kappa shape index (κ1) is 18.5. The van der Waals surface area contributed by atoms with E-state index in [0.29, 0.717) is 0 Å². The molecule has 6 N–H and O–H groups in total. The van der Waals surface area contributed by atoms with E-state index in [0.717, 1.165) is 21.6 Å². The first-order valence-corrected chi connectivity index (χ1v) is 8.62. The molecule has 0 aromatic heterocycles. The molecule has 9 heteroatoms. The first-order chi connectivity index (χ1) is 10.3. The standard InChI is InChI=1S/C13H16N2O5S2/c14-9(11(17)18)6-21-22-7-13(15,12(19)20)10(16)8-4-2-1-3-5-8/h1-5,9H,6-7,14-15H2,(H,17,18)(H,19,20)/t9-,13+/m0/s1. The van der Waals surface area contributed by atoms with Crippen LogP contribution in [-0.2, 0) is 9.59 Å². The van der Waals surface area contributed by atoms with Crippen LogP contribution in [0.25, 0.3) is 0 Å². The fraction of sp³-hybridized carbons (Fsp3) is 0.308. The van der Waals surface area contributed by atoms with Crippen molar-refractivity contribution in [1.29, 1.82) is 0 Å². The number of carboxylic acids is 2. The van der Waals surface area contributed by atoms with E-state index in [1.54, 1.807) is 18.2 Å². The summed E-state index contributed by atoms with van der Waals surface area (Å²) in [5.41, 5.74) is 9.22. The molecule has 1 rings (SSSR count). The highest BCUT2D eigenvalue weighted by molar-refractivity contribution is 8.76. The predicted octanol–water partition coefficient (Wildman–Crippen LogP) is 0.445. The fourth-order valence-corrected chi connectivity index (χ4v) is 3.84. The molecule has 0 bridgehead atoms. The van der Waals surface area contributed by atoms with Crippen LogP contribution in [0.2, 0.25) is 0 Å². The fourth-order valence-electron chi connectivity index (χ4n) is 1.40. The first-order valence-electron chi connectivity index (χ1n) is 6.14. The van der Waals surface area contributed by atoms with Crippen LogP contribution >= 0.6 is 21.6 Å². The predicted molar refractivity (Wildman–Crippen MR) is 85.9 cm³/mol. The molecule has 7 nitrogen and oxygen atoms in total. The third-order valence-corrected chi connectivity index (χ3v) is 5.25. The molecule has 0 saturated heterocycles. The van der Waals surface area contributed by atoms with Gasteiger partial charge in [0.1, 0.15) is 6.04 Å². The summed E-state index contributed by atoms with van der Waals surface area (Å²) < 4.78 is 0. The molecule has 1 aromatic rings. The zero-order chi connectivity index (χ0) is 16.8. The lowest BCUT2D eigenvalue weighted by molar-refractivity contribution is -0.140. The van der Waals surface area contributed by atoms with Gasteiger partial charge in [0.05, 0.1) is 0 Å². The number of carbonyl (C=O) groups is 3. The molecular formula is C13H16N2O5S2. The zero-order valence-corrected chi connectivity index (χ0v) is 13.1. The van der Waals surface area contributed by atoms with E-state index in [1.807, 2.05) is 0 Å². The lowest BCUT2D eigenvalue weighted by Gasteiger charge is -2.22. The summed E-state index contributed by atoms with van der Waals surface area (Å²) in [6.07, 6.45) is 0. The van der Waals surface area contributed by atoms with Crippen LogP contribution < -0.4 is 11.5 Å². The van der Waals surface area contributed by atoms with Crippen LogP contribution in [0.3, 0.4) is 0 Å². The average molecular weight is 344 g/mol. The van der Waals surface area contributed by atoms with E-state index in [4.69, 9.17) is 16.6 Å². The molecule has 0 spiro atoms. The number of rotatable bonds is 9.